The van der Waals surface area contributed by atoms with Gasteiger partial charge in [-0.15, -0.1) is 0 Å². The average molecular weight is 316 g/mol. The van der Waals surface area contributed by atoms with Gasteiger partial charge in [-0.3, -0.25) is 9.59 Å². The molecule has 2 rings (SSSR count). The number of aryl methyl sites for hydroxylation is 2. The number of aliphatic hydroxyl groups is 1. The Balaban J connectivity index is 1.78. The van der Waals surface area contributed by atoms with Gasteiger partial charge in [0.2, 0.25) is 0 Å². The van der Waals surface area contributed by atoms with E-state index in [4.69, 9.17) is 4.42 Å². The smallest absolute Gasteiger partial charge is 0.313 e. The average Bonchev–Trinajstić information content (AvgIpc) is 3.05. The first kappa shape index (κ1) is 16.8. The third-order valence-electron chi connectivity index (χ3n) is 3.60. The third kappa shape index (κ3) is 4.69. The second-order valence-electron chi connectivity index (χ2n) is 5.37. The number of carbonyl (C=O) groups excluding carboxylic acids is 2. The Morgan fingerprint density at radius 2 is 1.96 bits per heavy atom. The molecule has 0 spiro atoms. The summed E-state index contributed by atoms with van der Waals surface area (Å²) >= 11 is 0. The summed E-state index contributed by atoms with van der Waals surface area (Å²) in [6, 6.07) is 7.09. The van der Waals surface area contributed by atoms with E-state index in [9.17, 15) is 14.7 Å². The summed E-state index contributed by atoms with van der Waals surface area (Å²) in [5, 5.41) is 14.9. The van der Waals surface area contributed by atoms with Gasteiger partial charge in [0.05, 0.1) is 18.6 Å². The number of amides is 2. The van der Waals surface area contributed by atoms with E-state index in [1.54, 1.807) is 12.1 Å². The molecular formula is C17H20N2O4. The minimum atomic E-state index is -0.739. The second-order valence-corrected chi connectivity index (χ2v) is 5.37. The van der Waals surface area contributed by atoms with Crippen molar-refractivity contribution in [2.75, 3.05) is 11.9 Å². The minimum absolute atomic E-state index is 0.186. The van der Waals surface area contributed by atoms with Gasteiger partial charge >= 0.3 is 11.8 Å². The maximum absolute atomic E-state index is 11.8. The Hall–Kier alpha value is -2.60. The van der Waals surface area contributed by atoms with Crippen LogP contribution in [-0.4, -0.2) is 23.5 Å². The van der Waals surface area contributed by atoms with Crippen LogP contribution in [-0.2, 0) is 9.59 Å². The van der Waals surface area contributed by atoms with Crippen LogP contribution >= 0.6 is 0 Å². The molecular weight excluding hydrogens is 296 g/mol. The van der Waals surface area contributed by atoms with E-state index in [1.807, 2.05) is 26.0 Å². The van der Waals surface area contributed by atoms with Gasteiger partial charge in [-0.2, -0.15) is 0 Å². The van der Waals surface area contributed by atoms with Crippen molar-refractivity contribution >= 4 is 17.5 Å². The highest BCUT2D eigenvalue weighted by molar-refractivity contribution is 6.39. The number of benzene rings is 1. The van der Waals surface area contributed by atoms with E-state index in [0.29, 0.717) is 17.7 Å². The van der Waals surface area contributed by atoms with Crippen molar-refractivity contribution in [3.8, 4) is 0 Å². The van der Waals surface area contributed by atoms with Gasteiger partial charge in [-0.1, -0.05) is 6.07 Å². The summed E-state index contributed by atoms with van der Waals surface area (Å²) in [6.07, 6.45) is 2.46. The molecule has 1 aromatic carbocycles. The van der Waals surface area contributed by atoms with Crippen LogP contribution in [0.1, 0.15) is 29.2 Å². The van der Waals surface area contributed by atoms with E-state index in [1.165, 1.54) is 12.5 Å². The molecule has 0 saturated carbocycles. The predicted molar refractivity (Wildman–Crippen MR) is 85.8 cm³/mol. The summed E-state index contributed by atoms with van der Waals surface area (Å²) in [6.45, 7) is 4.09. The van der Waals surface area contributed by atoms with Crippen molar-refractivity contribution in [3.05, 3.63) is 53.5 Å². The number of aliphatic hydroxyl groups excluding tert-OH is 1. The first-order chi connectivity index (χ1) is 11.0. The number of nitrogens with one attached hydrogen (secondary N) is 2. The Labute approximate surface area is 134 Å². The number of rotatable bonds is 5. The number of carbonyl (C=O) groups is 2. The Bertz CT molecular complexity index is 680. The van der Waals surface area contributed by atoms with Crippen LogP contribution in [0.4, 0.5) is 5.69 Å². The van der Waals surface area contributed by atoms with Crippen LogP contribution in [0.15, 0.2) is 41.2 Å². The molecule has 2 amide bonds. The van der Waals surface area contributed by atoms with E-state index in [2.05, 4.69) is 10.6 Å². The highest BCUT2D eigenvalue weighted by Gasteiger charge is 2.15. The van der Waals surface area contributed by atoms with Crippen molar-refractivity contribution in [1.82, 2.24) is 5.32 Å². The second kappa shape index (κ2) is 7.60. The van der Waals surface area contributed by atoms with Crippen molar-refractivity contribution in [1.29, 1.82) is 0 Å². The predicted octanol–water partition coefficient (Wildman–Crippen LogP) is 2.07. The fourth-order valence-electron chi connectivity index (χ4n) is 2.04. The van der Waals surface area contributed by atoms with Crippen LogP contribution in [0, 0.1) is 13.8 Å². The fourth-order valence-corrected chi connectivity index (χ4v) is 2.04. The van der Waals surface area contributed by atoms with Gasteiger partial charge in [0.25, 0.3) is 0 Å². The lowest BCUT2D eigenvalue weighted by atomic mass is 10.1. The molecule has 1 unspecified atom stereocenters. The van der Waals surface area contributed by atoms with Crippen LogP contribution in [0.5, 0.6) is 0 Å². The molecule has 0 radical (unpaired) electrons. The quantitative estimate of drug-likeness (QED) is 0.736. The maximum Gasteiger partial charge on any atom is 0.313 e. The first-order valence-corrected chi connectivity index (χ1v) is 7.34. The van der Waals surface area contributed by atoms with Gasteiger partial charge in [0, 0.05) is 17.8 Å². The first-order valence-electron chi connectivity index (χ1n) is 7.34. The lowest BCUT2D eigenvalue weighted by molar-refractivity contribution is -0.136. The topological polar surface area (TPSA) is 91.6 Å². The number of furan rings is 1. The molecule has 6 heteroatoms. The van der Waals surface area contributed by atoms with Gasteiger partial charge < -0.3 is 20.2 Å². The number of anilines is 1. The molecule has 2 aromatic rings. The van der Waals surface area contributed by atoms with Gasteiger partial charge in [0.15, 0.2) is 0 Å². The monoisotopic (exact) mass is 316 g/mol. The molecule has 0 saturated heterocycles. The van der Waals surface area contributed by atoms with Crippen molar-refractivity contribution in [3.63, 3.8) is 0 Å². The molecule has 0 bridgehead atoms. The SMILES string of the molecule is Cc1ccc(NC(=O)C(=O)NCCC(O)c2ccoc2)cc1C. The minimum Gasteiger partial charge on any atom is -0.472 e. The molecule has 3 N–H and O–H groups in total. The Morgan fingerprint density at radius 3 is 2.61 bits per heavy atom. The molecule has 0 fully saturated rings. The molecule has 1 atom stereocenters. The van der Waals surface area contributed by atoms with Crippen molar-refractivity contribution in [2.24, 2.45) is 0 Å². The molecule has 0 aliphatic heterocycles. The maximum atomic E-state index is 11.8. The zero-order valence-electron chi connectivity index (χ0n) is 13.1. The summed E-state index contributed by atoms with van der Waals surface area (Å²) < 4.78 is 4.87. The fraction of sp³-hybridized carbons (Fsp3) is 0.294. The van der Waals surface area contributed by atoms with Gasteiger partial charge in [-0.05, 0) is 49.6 Å². The molecule has 122 valence electrons. The van der Waals surface area contributed by atoms with E-state index in [0.717, 1.165) is 11.1 Å². The summed E-state index contributed by atoms with van der Waals surface area (Å²) in [4.78, 5) is 23.6. The van der Waals surface area contributed by atoms with E-state index >= 15 is 0 Å². The Morgan fingerprint density at radius 1 is 1.17 bits per heavy atom. The largest absolute Gasteiger partial charge is 0.472 e. The number of hydrogen-bond donors (Lipinski definition) is 3. The molecule has 6 nitrogen and oxygen atoms in total. The number of hydrogen-bond acceptors (Lipinski definition) is 4. The lowest BCUT2D eigenvalue weighted by Crippen LogP contribution is -2.36. The zero-order valence-corrected chi connectivity index (χ0v) is 13.1. The molecule has 1 aromatic heterocycles. The van der Waals surface area contributed by atoms with Crippen molar-refractivity contribution < 1.29 is 19.1 Å². The van der Waals surface area contributed by atoms with E-state index < -0.39 is 17.9 Å². The summed E-state index contributed by atoms with van der Waals surface area (Å²) in [5.74, 6) is -1.46. The third-order valence-corrected chi connectivity index (χ3v) is 3.60. The highest BCUT2D eigenvalue weighted by Crippen LogP contribution is 2.16. The highest BCUT2D eigenvalue weighted by atomic mass is 16.3. The van der Waals surface area contributed by atoms with Gasteiger partial charge in [0.1, 0.15) is 0 Å². The summed E-state index contributed by atoms with van der Waals surface area (Å²) in [5.41, 5.74) is 3.36. The van der Waals surface area contributed by atoms with Crippen LogP contribution < -0.4 is 10.6 Å². The lowest BCUT2D eigenvalue weighted by Gasteiger charge is -2.10. The molecule has 1 heterocycles. The molecule has 0 aliphatic carbocycles. The normalized spacial score (nSPS) is 11.8. The molecule has 23 heavy (non-hydrogen) atoms. The Kier molecular flexibility index (Phi) is 5.54. The standard InChI is InChI=1S/C17H20N2O4/c1-11-3-4-14(9-12(11)2)19-17(22)16(21)18-7-5-15(20)13-6-8-23-10-13/h3-4,6,8-10,15,20H,5,7H2,1-2H3,(H,18,21)(H,19,22). The zero-order chi connectivity index (χ0) is 16.8. The van der Waals surface area contributed by atoms with Crippen LogP contribution in [0.25, 0.3) is 0 Å². The van der Waals surface area contributed by atoms with Gasteiger partial charge in [-0.25, -0.2) is 0 Å². The van der Waals surface area contributed by atoms with Crippen molar-refractivity contribution in [2.45, 2.75) is 26.4 Å². The van der Waals surface area contributed by atoms with E-state index in [-0.39, 0.29) is 6.54 Å². The summed E-state index contributed by atoms with van der Waals surface area (Å²) in [7, 11) is 0. The van der Waals surface area contributed by atoms with Crippen LogP contribution in [0.2, 0.25) is 0 Å². The molecule has 0 aliphatic rings. The van der Waals surface area contributed by atoms with Crippen LogP contribution in [0.3, 0.4) is 0 Å².